The van der Waals surface area contributed by atoms with Crippen molar-refractivity contribution in [2.75, 3.05) is 40.4 Å². The van der Waals surface area contributed by atoms with Crippen LogP contribution >= 0.6 is 0 Å². The van der Waals surface area contributed by atoms with Crippen molar-refractivity contribution >= 4 is 17.7 Å². The molecule has 0 aliphatic carbocycles. The monoisotopic (exact) mass is 516 g/mol. The Bertz CT molecular complexity index is 922. The Kier molecular flexibility index (Phi) is 10.8. The van der Waals surface area contributed by atoms with Gasteiger partial charge in [-0.3, -0.25) is 14.4 Å². The Morgan fingerprint density at radius 1 is 1.22 bits per heavy atom. The zero-order valence-electron chi connectivity index (χ0n) is 22.7. The van der Waals surface area contributed by atoms with Gasteiger partial charge >= 0.3 is 0 Å². The number of aliphatic hydroxyl groups excluding tert-OH is 1. The maximum absolute atomic E-state index is 13.6. The van der Waals surface area contributed by atoms with Crippen molar-refractivity contribution in [2.24, 2.45) is 11.8 Å². The van der Waals surface area contributed by atoms with E-state index in [1.165, 1.54) is 0 Å². The summed E-state index contributed by atoms with van der Waals surface area (Å²) in [5.74, 6) is -0.214. The normalized spacial score (nSPS) is 23.4. The molecule has 1 aromatic carbocycles. The number of carbonyl (C=O) groups excluding carboxylic acids is 3. The molecular weight excluding hydrogens is 472 g/mol. The van der Waals surface area contributed by atoms with Crippen LogP contribution in [-0.2, 0) is 14.4 Å². The van der Waals surface area contributed by atoms with E-state index in [0.717, 1.165) is 37.8 Å². The fourth-order valence-corrected chi connectivity index (χ4v) is 5.38. The topological polar surface area (TPSA) is 111 Å². The van der Waals surface area contributed by atoms with Gasteiger partial charge in [0.1, 0.15) is 24.4 Å². The lowest BCUT2D eigenvalue weighted by Gasteiger charge is -2.39. The van der Waals surface area contributed by atoms with E-state index in [9.17, 15) is 14.4 Å². The largest absolute Gasteiger partial charge is 0.491 e. The number of nitrogens with zero attached hydrogens (tertiary/aromatic N) is 2. The SMILES string of the molecule is CC(C)C[C@@H]1NC(=O)[C@H]2C[C@@H](C(=O)NCCCCCCN(C)C)[C@@H](c3cccc(OCCO)c3)N2C1=O. The Balaban J connectivity index is 1.77. The van der Waals surface area contributed by atoms with Gasteiger partial charge in [-0.05, 0) is 69.9 Å². The molecule has 37 heavy (non-hydrogen) atoms. The average Bonchev–Trinajstić information content (AvgIpc) is 3.26. The van der Waals surface area contributed by atoms with Crippen molar-refractivity contribution in [2.45, 2.75) is 70.5 Å². The number of carbonyl (C=O) groups is 3. The molecule has 1 aromatic rings. The van der Waals surface area contributed by atoms with Crippen molar-refractivity contribution in [1.82, 2.24) is 20.4 Å². The van der Waals surface area contributed by atoms with Crippen LogP contribution in [0, 0.1) is 11.8 Å². The van der Waals surface area contributed by atoms with Crippen molar-refractivity contribution in [3.63, 3.8) is 0 Å². The predicted octanol–water partition coefficient (Wildman–Crippen LogP) is 2.10. The molecule has 2 aliphatic rings. The third-order valence-corrected chi connectivity index (χ3v) is 7.10. The van der Waals surface area contributed by atoms with Crippen LogP contribution in [0.15, 0.2) is 24.3 Å². The summed E-state index contributed by atoms with van der Waals surface area (Å²) >= 11 is 0. The third kappa shape index (κ3) is 7.68. The van der Waals surface area contributed by atoms with E-state index in [0.29, 0.717) is 18.7 Å². The molecule has 0 radical (unpaired) electrons. The van der Waals surface area contributed by atoms with E-state index < -0.39 is 24.0 Å². The smallest absolute Gasteiger partial charge is 0.246 e. The maximum atomic E-state index is 13.6. The lowest BCUT2D eigenvalue weighted by atomic mass is 9.92. The Labute approximate surface area is 220 Å². The number of aliphatic hydroxyl groups is 1. The number of hydrogen-bond donors (Lipinski definition) is 3. The fraction of sp³-hybridized carbons (Fsp3) is 0.679. The summed E-state index contributed by atoms with van der Waals surface area (Å²) in [5, 5.41) is 15.1. The first kappa shape index (κ1) is 28.9. The average molecular weight is 517 g/mol. The highest BCUT2D eigenvalue weighted by Crippen LogP contribution is 2.44. The van der Waals surface area contributed by atoms with Crippen LogP contribution in [0.3, 0.4) is 0 Å². The number of benzene rings is 1. The van der Waals surface area contributed by atoms with E-state index in [2.05, 4.69) is 29.6 Å². The number of amides is 3. The standard InChI is InChI=1S/C28H44N4O5/c1-19(2)16-23-28(36)32-24(27(35)30-23)18-22(26(34)29-12-7-5-6-8-13-31(3)4)25(32)20-10-9-11-21(17-20)37-15-14-33/h9-11,17,19,22-25,33H,5-8,12-16,18H2,1-4H3,(H,29,34)(H,30,35)/t22-,23+,24-,25-/m1/s1. The molecule has 0 spiro atoms. The van der Waals surface area contributed by atoms with Crippen LogP contribution in [-0.4, -0.2) is 85.1 Å². The lowest BCUT2D eigenvalue weighted by Crippen LogP contribution is -2.61. The van der Waals surface area contributed by atoms with Gasteiger partial charge in [-0.2, -0.15) is 0 Å². The Hall–Kier alpha value is -2.65. The van der Waals surface area contributed by atoms with Crippen LogP contribution < -0.4 is 15.4 Å². The van der Waals surface area contributed by atoms with Gasteiger partial charge in [0.2, 0.25) is 17.7 Å². The lowest BCUT2D eigenvalue weighted by molar-refractivity contribution is -0.150. The molecule has 0 aromatic heterocycles. The van der Waals surface area contributed by atoms with Gasteiger partial charge < -0.3 is 30.3 Å². The molecule has 0 saturated carbocycles. The molecule has 3 amide bonds. The van der Waals surface area contributed by atoms with Gasteiger partial charge in [-0.15, -0.1) is 0 Å². The summed E-state index contributed by atoms with van der Waals surface area (Å²) in [6.07, 6.45) is 5.01. The molecule has 3 rings (SSSR count). The number of nitrogens with one attached hydrogen (secondary N) is 2. The van der Waals surface area contributed by atoms with Gasteiger partial charge in [0.25, 0.3) is 0 Å². The van der Waals surface area contributed by atoms with Crippen LogP contribution in [0.25, 0.3) is 0 Å². The number of ether oxygens (including phenoxy) is 1. The summed E-state index contributed by atoms with van der Waals surface area (Å²) < 4.78 is 5.60. The predicted molar refractivity (Wildman–Crippen MR) is 142 cm³/mol. The molecule has 9 nitrogen and oxygen atoms in total. The molecule has 0 unspecified atom stereocenters. The quantitative estimate of drug-likeness (QED) is 0.327. The maximum Gasteiger partial charge on any atom is 0.246 e. The van der Waals surface area contributed by atoms with E-state index in [1.807, 2.05) is 32.0 Å². The second-order valence-corrected chi connectivity index (χ2v) is 10.9. The summed E-state index contributed by atoms with van der Waals surface area (Å²) in [5.41, 5.74) is 0.758. The summed E-state index contributed by atoms with van der Waals surface area (Å²) in [6, 6.07) is 5.46. The third-order valence-electron chi connectivity index (χ3n) is 7.10. The molecule has 9 heteroatoms. The Morgan fingerprint density at radius 3 is 2.68 bits per heavy atom. The molecule has 2 heterocycles. The van der Waals surface area contributed by atoms with Gasteiger partial charge in [-0.1, -0.05) is 38.8 Å². The Morgan fingerprint density at radius 2 is 1.97 bits per heavy atom. The van der Waals surface area contributed by atoms with E-state index in [4.69, 9.17) is 9.84 Å². The van der Waals surface area contributed by atoms with Gasteiger partial charge in [0, 0.05) is 6.54 Å². The summed E-state index contributed by atoms with van der Waals surface area (Å²) in [4.78, 5) is 43.9. The van der Waals surface area contributed by atoms with E-state index in [1.54, 1.807) is 11.0 Å². The number of unbranched alkanes of at least 4 members (excludes halogenated alkanes) is 3. The molecule has 2 aliphatic heterocycles. The van der Waals surface area contributed by atoms with Crippen molar-refractivity contribution < 1.29 is 24.2 Å². The van der Waals surface area contributed by atoms with Crippen molar-refractivity contribution in [3.8, 4) is 5.75 Å². The fourth-order valence-electron chi connectivity index (χ4n) is 5.38. The van der Waals surface area contributed by atoms with Crippen LogP contribution in [0.5, 0.6) is 5.75 Å². The molecular formula is C28H44N4O5. The minimum absolute atomic E-state index is 0.114. The molecule has 4 atom stereocenters. The van der Waals surface area contributed by atoms with E-state index >= 15 is 0 Å². The summed E-state index contributed by atoms with van der Waals surface area (Å²) in [6.45, 7) is 5.71. The highest BCUT2D eigenvalue weighted by atomic mass is 16.5. The minimum Gasteiger partial charge on any atom is -0.491 e. The molecule has 0 bridgehead atoms. The molecule has 2 saturated heterocycles. The second kappa shape index (κ2) is 13.8. The first-order chi connectivity index (χ1) is 17.7. The second-order valence-electron chi connectivity index (χ2n) is 10.9. The van der Waals surface area contributed by atoms with Gasteiger partial charge in [0.15, 0.2) is 0 Å². The number of fused-ring (bicyclic) bond motifs is 1. The van der Waals surface area contributed by atoms with Crippen LogP contribution in [0.4, 0.5) is 0 Å². The first-order valence-electron chi connectivity index (χ1n) is 13.6. The highest BCUT2D eigenvalue weighted by molar-refractivity contribution is 5.99. The zero-order valence-corrected chi connectivity index (χ0v) is 22.7. The van der Waals surface area contributed by atoms with Crippen molar-refractivity contribution in [3.05, 3.63) is 29.8 Å². The highest BCUT2D eigenvalue weighted by Gasteiger charge is 2.54. The van der Waals surface area contributed by atoms with Gasteiger partial charge in [0.05, 0.1) is 18.6 Å². The number of hydrogen-bond acceptors (Lipinski definition) is 6. The minimum atomic E-state index is -0.676. The molecule has 3 N–H and O–H groups in total. The van der Waals surface area contributed by atoms with Gasteiger partial charge in [-0.25, -0.2) is 0 Å². The van der Waals surface area contributed by atoms with Crippen LogP contribution in [0.1, 0.15) is 64.0 Å². The first-order valence-corrected chi connectivity index (χ1v) is 13.6. The number of rotatable bonds is 14. The molecule has 2 fully saturated rings. The van der Waals surface area contributed by atoms with Crippen molar-refractivity contribution in [1.29, 1.82) is 0 Å². The number of piperazine rings is 1. The zero-order chi connectivity index (χ0) is 26.9. The molecule has 206 valence electrons. The van der Waals surface area contributed by atoms with Crippen LogP contribution in [0.2, 0.25) is 0 Å². The van der Waals surface area contributed by atoms with E-state index in [-0.39, 0.29) is 43.3 Å². The summed E-state index contributed by atoms with van der Waals surface area (Å²) in [7, 11) is 4.13.